The first kappa shape index (κ1) is 27.3. The second-order valence-electron chi connectivity index (χ2n) is 10.7. The molecular formula is C31H37NO6. The van der Waals surface area contributed by atoms with Crippen LogP contribution in [0.3, 0.4) is 0 Å². The molecule has 2 aromatic carbocycles. The zero-order chi connectivity index (χ0) is 27.6. The van der Waals surface area contributed by atoms with Gasteiger partial charge in [0.05, 0.1) is 11.5 Å². The minimum Gasteiger partial charge on any atom is -0.508 e. The Morgan fingerprint density at radius 2 is 1.84 bits per heavy atom. The average Bonchev–Trinajstić information content (AvgIpc) is 3.16. The van der Waals surface area contributed by atoms with Gasteiger partial charge in [-0.15, -0.1) is 0 Å². The highest BCUT2D eigenvalue weighted by Gasteiger charge is 2.42. The minimum absolute atomic E-state index is 0.108. The van der Waals surface area contributed by atoms with Crippen molar-refractivity contribution in [2.45, 2.75) is 77.5 Å². The Balaban J connectivity index is 1.67. The number of fused-ring (bicyclic) bond motifs is 3. The number of allylic oxidation sites excluding steroid dienone is 4. The maximum Gasteiger partial charge on any atom is 0.331 e. The standard InChI is InChI=1S/C31H37NO6/c1-19(2)10-8-11-20(3)12-9-15-31(4)26(34)17-23-25(33)16-22-24(28(23)38-31)18-32(29(22)35)27(30(36)37)21-13-6-5-7-14-21/h5-7,10,12-14,16,18,26-27,33-35H,8-9,11,15,17H2,1-4H3,(H,36,37)/t26-,27-,31-/m0/s1. The number of aliphatic carboxylic acids is 1. The first-order chi connectivity index (χ1) is 18.0. The van der Waals surface area contributed by atoms with E-state index in [4.69, 9.17) is 4.74 Å². The van der Waals surface area contributed by atoms with Gasteiger partial charge in [0.1, 0.15) is 17.1 Å². The van der Waals surface area contributed by atoms with Crippen molar-refractivity contribution in [3.8, 4) is 17.4 Å². The number of carboxylic acids is 1. The lowest BCUT2D eigenvalue weighted by molar-refractivity contribution is -0.139. The second-order valence-corrected chi connectivity index (χ2v) is 10.7. The van der Waals surface area contributed by atoms with Gasteiger partial charge >= 0.3 is 5.97 Å². The predicted octanol–water partition coefficient (Wildman–Crippen LogP) is 6.25. The normalized spacial score (nSPS) is 20.0. The maximum absolute atomic E-state index is 12.2. The summed E-state index contributed by atoms with van der Waals surface area (Å²) in [7, 11) is 0. The lowest BCUT2D eigenvalue weighted by atomic mass is 9.84. The largest absolute Gasteiger partial charge is 0.508 e. The highest BCUT2D eigenvalue weighted by atomic mass is 16.5. The minimum atomic E-state index is -1.17. The molecule has 1 aromatic heterocycles. The zero-order valence-electron chi connectivity index (χ0n) is 22.4. The summed E-state index contributed by atoms with van der Waals surface area (Å²) in [6.07, 6.45) is 8.53. The molecule has 0 fully saturated rings. The van der Waals surface area contributed by atoms with E-state index in [9.17, 15) is 25.2 Å². The fraction of sp³-hybridized carbons (Fsp3) is 0.387. The number of hydrogen-bond acceptors (Lipinski definition) is 5. The van der Waals surface area contributed by atoms with E-state index in [1.165, 1.54) is 21.8 Å². The lowest BCUT2D eigenvalue weighted by Crippen LogP contribution is -2.48. The van der Waals surface area contributed by atoms with Gasteiger partial charge in [-0.2, -0.15) is 0 Å². The molecule has 7 heteroatoms. The number of aromatic nitrogens is 1. The third-order valence-electron chi connectivity index (χ3n) is 7.44. The number of hydrogen-bond donors (Lipinski definition) is 4. The molecule has 0 saturated carbocycles. The predicted molar refractivity (Wildman–Crippen MR) is 148 cm³/mol. The number of aliphatic hydroxyl groups excluding tert-OH is 1. The molecule has 3 aromatic rings. The molecule has 0 amide bonds. The number of nitrogens with zero attached hydrogens (tertiary/aromatic N) is 1. The van der Waals surface area contributed by atoms with Gasteiger partial charge in [0.15, 0.2) is 11.9 Å². The monoisotopic (exact) mass is 519 g/mol. The Hall–Kier alpha value is -3.71. The number of carbonyl (C=O) groups is 1. The zero-order valence-corrected chi connectivity index (χ0v) is 22.4. The van der Waals surface area contributed by atoms with E-state index in [1.807, 2.05) is 6.92 Å². The number of phenols is 1. The first-order valence-electron chi connectivity index (χ1n) is 13.0. The van der Waals surface area contributed by atoms with E-state index < -0.39 is 23.7 Å². The van der Waals surface area contributed by atoms with Gasteiger partial charge in [-0.25, -0.2) is 4.79 Å². The van der Waals surface area contributed by atoms with Crippen LogP contribution in [0.15, 0.2) is 65.9 Å². The summed E-state index contributed by atoms with van der Waals surface area (Å²) in [5, 5.41) is 43.6. The van der Waals surface area contributed by atoms with Crippen LogP contribution < -0.4 is 4.74 Å². The average molecular weight is 520 g/mol. The van der Waals surface area contributed by atoms with Crippen molar-refractivity contribution in [1.29, 1.82) is 0 Å². The topological polar surface area (TPSA) is 112 Å². The van der Waals surface area contributed by atoms with Crippen molar-refractivity contribution < 1.29 is 30.0 Å². The molecule has 4 rings (SSSR count). The second kappa shape index (κ2) is 11.0. The quantitative estimate of drug-likeness (QED) is 0.249. The number of aliphatic hydroxyl groups is 1. The summed E-state index contributed by atoms with van der Waals surface area (Å²) in [4.78, 5) is 12.2. The summed E-state index contributed by atoms with van der Waals surface area (Å²) in [6.45, 7) is 8.13. The molecule has 0 radical (unpaired) electrons. The molecule has 0 unspecified atom stereocenters. The molecular weight excluding hydrogens is 482 g/mol. The van der Waals surface area contributed by atoms with Crippen LogP contribution in [0.1, 0.15) is 70.5 Å². The number of carboxylic acid groups (broad SMARTS) is 1. The molecule has 202 valence electrons. The molecule has 0 bridgehead atoms. The summed E-state index contributed by atoms with van der Waals surface area (Å²) in [5.74, 6) is -1.15. The van der Waals surface area contributed by atoms with Gasteiger partial charge in [0.2, 0.25) is 0 Å². The molecule has 1 aliphatic rings. The van der Waals surface area contributed by atoms with Gasteiger partial charge in [0.25, 0.3) is 0 Å². The van der Waals surface area contributed by atoms with Crippen LogP contribution in [0.2, 0.25) is 0 Å². The molecule has 0 aliphatic carbocycles. The molecule has 3 atom stereocenters. The van der Waals surface area contributed by atoms with Gasteiger partial charge in [0, 0.05) is 23.6 Å². The Labute approximate surface area is 223 Å². The maximum atomic E-state index is 12.2. The van der Waals surface area contributed by atoms with Gasteiger partial charge in [-0.1, -0.05) is 53.6 Å². The molecule has 0 spiro atoms. The van der Waals surface area contributed by atoms with Gasteiger partial charge in [-0.05, 0) is 65.0 Å². The van der Waals surface area contributed by atoms with E-state index >= 15 is 0 Å². The highest BCUT2D eigenvalue weighted by Crippen LogP contribution is 2.48. The Kier molecular flexibility index (Phi) is 7.88. The van der Waals surface area contributed by atoms with Crippen LogP contribution in [-0.2, 0) is 11.2 Å². The van der Waals surface area contributed by atoms with E-state index in [0.717, 1.165) is 12.8 Å². The summed E-state index contributed by atoms with van der Waals surface area (Å²) in [6, 6.07) is 8.90. The number of rotatable bonds is 9. The van der Waals surface area contributed by atoms with Crippen molar-refractivity contribution in [3.05, 3.63) is 77.0 Å². The first-order valence-corrected chi connectivity index (χ1v) is 13.0. The van der Waals surface area contributed by atoms with Crippen LogP contribution in [0.25, 0.3) is 10.8 Å². The highest BCUT2D eigenvalue weighted by molar-refractivity contribution is 5.96. The smallest absolute Gasteiger partial charge is 0.331 e. The van der Waals surface area contributed by atoms with Crippen LogP contribution in [0, 0.1) is 0 Å². The molecule has 4 N–H and O–H groups in total. The molecule has 0 saturated heterocycles. The van der Waals surface area contributed by atoms with E-state index in [2.05, 4.69) is 32.9 Å². The van der Waals surface area contributed by atoms with Crippen molar-refractivity contribution in [3.63, 3.8) is 0 Å². The van der Waals surface area contributed by atoms with Crippen LogP contribution in [-0.4, -0.2) is 42.7 Å². The SMILES string of the molecule is CC(C)=CCCC(C)=CCC[C@]1(C)Oc2c(c(O)cc3c(O)n([C@H](C(=O)O)c4ccccc4)cc23)C[C@@H]1O. The lowest BCUT2D eigenvalue weighted by Gasteiger charge is -2.40. The Bertz CT molecular complexity index is 1380. The van der Waals surface area contributed by atoms with Crippen molar-refractivity contribution in [2.75, 3.05) is 0 Å². The number of ether oxygens (including phenoxy) is 1. The van der Waals surface area contributed by atoms with Crippen molar-refractivity contribution in [1.82, 2.24) is 4.57 Å². The Morgan fingerprint density at radius 1 is 1.13 bits per heavy atom. The summed E-state index contributed by atoms with van der Waals surface area (Å²) in [5.41, 5.74) is 2.60. The number of aromatic hydroxyl groups is 2. The summed E-state index contributed by atoms with van der Waals surface area (Å²) >= 11 is 0. The van der Waals surface area contributed by atoms with E-state index in [0.29, 0.717) is 35.1 Å². The number of phenolic OH excluding ortho intramolecular Hbond substituents is 1. The molecule has 38 heavy (non-hydrogen) atoms. The fourth-order valence-corrected chi connectivity index (χ4v) is 5.15. The molecule has 7 nitrogen and oxygen atoms in total. The van der Waals surface area contributed by atoms with Gasteiger partial charge in [-0.3, -0.25) is 4.57 Å². The van der Waals surface area contributed by atoms with Crippen molar-refractivity contribution >= 4 is 16.7 Å². The van der Waals surface area contributed by atoms with E-state index in [-0.39, 0.29) is 23.4 Å². The fourth-order valence-electron chi connectivity index (χ4n) is 5.15. The molecule has 2 heterocycles. The van der Waals surface area contributed by atoms with Crippen molar-refractivity contribution in [2.24, 2.45) is 0 Å². The third kappa shape index (κ3) is 5.43. The van der Waals surface area contributed by atoms with Crippen LogP contribution in [0.4, 0.5) is 0 Å². The van der Waals surface area contributed by atoms with E-state index in [1.54, 1.807) is 36.5 Å². The summed E-state index contributed by atoms with van der Waals surface area (Å²) < 4.78 is 7.70. The van der Waals surface area contributed by atoms with Crippen LogP contribution >= 0.6 is 0 Å². The Morgan fingerprint density at radius 3 is 2.50 bits per heavy atom. The third-order valence-corrected chi connectivity index (χ3v) is 7.44. The van der Waals surface area contributed by atoms with Crippen LogP contribution in [0.5, 0.6) is 17.4 Å². The number of benzene rings is 2. The van der Waals surface area contributed by atoms with Gasteiger partial charge < -0.3 is 25.2 Å². The molecule has 1 aliphatic heterocycles.